The molecule has 0 aliphatic carbocycles. The molecule has 0 saturated carbocycles. The van der Waals surface area contributed by atoms with Gasteiger partial charge >= 0.3 is 0 Å². The Labute approximate surface area is 308 Å². The molecule has 3 aromatic heterocycles. The molecule has 0 aliphatic heterocycles. The van der Waals surface area contributed by atoms with Crippen LogP contribution in [0, 0.1) is 0 Å². The molecule has 244 valence electrons. The minimum atomic E-state index is 1.13. The van der Waals surface area contributed by atoms with E-state index in [1.165, 1.54) is 84.7 Å². The van der Waals surface area contributed by atoms with Crippen molar-refractivity contribution in [1.82, 2.24) is 4.57 Å². The van der Waals surface area contributed by atoms with Gasteiger partial charge in [0.1, 0.15) is 0 Å². The summed E-state index contributed by atoms with van der Waals surface area (Å²) < 4.78 is 7.62. The number of hydrogen-bond acceptors (Lipinski definition) is 3. The molecule has 0 radical (unpaired) electrons. The molecule has 0 atom stereocenters. The lowest BCUT2D eigenvalue weighted by molar-refractivity contribution is 1.18. The van der Waals surface area contributed by atoms with Gasteiger partial charge in [0.15, 0.2) is 0 Å². The zero-order valence-corrected chi connectivity index (χ0v) is 29.7. The van der Waals surface area contributed by atoms with Crippen LogP contribution in [0.1, 0.15) is 0 Å². The quantitative estimate of drug-likeness (QED) is 0.174. The summed E-state index contributed by atoms with van der Waals surface area (Å²) in [7, 11) is 0. The fourth-order valence-corrected chi connectivity index (χ4v) is 10.2. The van der Waals surface area contributed by atoms with Gasteiger partial charge in [-0.25, -0.2) is 0 Å². The lowest BCUT2D eigenvalue weighted by atomic mass is 10.0. The minimum Gasteiger partial charge on any atom is -0.310 e. The third-order valence-electron chi connectivity index (χ3n) is 10.4. The molecule has 0 bridgehead atoms. The summed E-state index contributed by atoms with van der Waals surface area (Å²) >= 11 is 3.73. The highest BCUT2D eigenvalue weighted by Crippen LogP contribution is 2.46. The van der Waals surface area contributed by atoms with Gasteiger partial charge in [-0.05, 0) is 90.0 Å². The van der Waals surface area contributed by atoms with Crippen LogP contribution >= 0.6 is 22.7 Å². The zero-order chi connectivity index (χ0) is 34.2. The summed E-state index contributed by atoms with van der Waals surface area (Å²) in [6.45, 7) is 0. The van der Waals surface area contributed by atoms with E-state index in [4.69, 9.17) is 0 Å². The van der Waals surface area contributed by atoms with Crippen molar-refractivity contribution in [2.24, 2.45) is 0 Å². The van der Waals surface area contributed by atoms with Crippen LogP contribution in [-0.4, -0.2) is 4.57 Å². The third-order valence-corrected chi connectivity index (χ3v) is 12.7. The van der Waals surface area contributed by atoms with Crippen LogP contribution in [0.25, 0.3) is 79.0 Å². The SMILES string of the molecule is c1ccc(-n2c3ccccc3c3ccc(-c4ccc(N(c5ccc6sc7ccccc7c6c5)c5cccc6sc7ccccc7c56)cc4)cc32)cc1. The van der Waals surface area contributed by atoms with E-state index >= 15 is 0 Å². The maximum Gasteiger partial charge on any atom is 0.0554 e. The fraction of sp³-hybridized carbons (Fsp3) is 0. The fourth-order valence-electron chi connectivity index (χ4n) is 8.03. The van der Waals surface area contributed by atoms with E-state index in [1.54, 1.807) is 0 Å². The van der Waals surface area contributed by atoms with Gasteiger partial charge in [-0.2, -0.15) is 0 Å². The number of fused-ring (bicyclic) bond motifs is 9. The number of hydrogen-bond donors (Lipinski definition) is 0. The Morgan fingerprint density at radius 1 is 0.365 bits per heavy atom. The molecule has 11 aromatic rings. The molecule has 0 fully saturated rings. The summed E-state index contributed by atoms with van der Waals surface area (Å²) in [5.74, 6) is 0. The number of para-hydroxylation sites is 2. The first kappa shape index (κ1) is 29.5. The average Bonchev–Trinajstić information content (AvgIpc) is 3.88. The van der Waals surface area contributed by atoms with E-state index in [-0.39, 0.29) is 0 Å². The highest BCUT2D eigenvalue weighted by atomic mass is 32.1. The Morgan fingerprint density at radius 3 is 1.83 bits per heavy atom. The van der Waals surface area contributed by atoms with Crippen molar-refractivity contribution in [3.63, 3.8) is 0 Å². The Hall–Kier alpha value is -6.20. The van der Waals surface area contributed by atoms with E-state index < -0.39 is 0 Å². The largest absolute Gasteiger partial charge is 0.310 e. The molecule has 11 rings (SSSR count). The monoisotopic (exact) mass is 698 g/mol. The number of nitrogens with zero attached hydrogens (tertiary/aromatic N) is 2. The first-order chi connectivity index (χ1) is 25.8. The molecule has 0 amide bonds. The second-order valence-corrected chi connectivity index (χ2v) is 15.5. The van der Waals surface area contributed by atoms with Crippen LogP contribution in [0.3, 0.4) is 0 Å². The number of anilines is 3. The van der Waals surface area contributed by atoms with Crippen molar-refractivity contribution in [3.05, 3.63) is 182 Å². The molecular weight excluding hydrogens is 669 g/mol. The summed E-state index contributed by atoms with van der Waals surface area (Å²) in [4.78, 5) is 2.45. The normalized spacial score (nSPS) is 11.8. The van der Waals surface area contributed by atoms with Gasteiger partial charge in [0.05, 0.1) is 16.7 Å². The van der Waals surface area contributed by atoms with Gasteiger partial charge < -0.3 is 9.47 Å². The molecule has 8 aromatic carbocycles. The van der Waals surface area contributed by atoms with Crippen LogP contribution in [0.4, 0.5) is 17.1 Å². The van der Waals surface area contributed by atoms with E-state index in [9.17, 15) is 0 Å². The second kappa shape index (κ2) is 11.7. The molecule has 3 heterocycles. The Kier molecular flexibility index (Phi) is 6.63. The Bertz CT molecular complexity index is 3130. The predicted octanol–water partition coefficient (Wildman–Crippen LogP) is 14.7. The molecule has 52 heavy (non-hydrogen) atoms. The molecule has 0 spiro atoms. The predicted molar refractivity (Wildman–Crippen MR) is 227 cm³/mol. The van der Waals surface area contributed by atoms with Crippen molar-refractivity contribution in [2.45, 2.75) is 0 Å². The minimum absolute atomic E-state index is 1.13. The molecule has 0 N–H and O–H groups in total. The van der Waals surface area contributed by atoms with Crippen LogP contribution in [0.5, 0.6) is 0 Å². The van der Waals surface area contributed by atoms with Crippen LogP contribution in [0.15, 0.2) is 182 Å². The number of rotatable bonds is 5. The maximum atomic E-state index is 2.45. The third kappa shape index (κ3) is 4.55. The maximum absolute atomic E-state index is 2.45. The van der Waals surface area contributed by atoms with E-state index in [0.717, 1.165) is 11.4 Å². The lowest BCUT2D eigenvalue weighted by Crippen LogP contribution is -2.10. The van der Waals surface area contributed by atoms with Gasteiger partial charge in [0.2, 0.25) is 0 Å². The first-order valence-electron chi connectivity index (χ1n) is 17.6. The Morgan fingerprint density at radius 2 is 0.981 bits per heavy atom. The molecular formula is C48H30N2S2. The van der Waals surface area contributed by atoms with E-state index in [2.05, 4.69) is 191 Å². The lowest BCUT2D eigenvalue weighted by Gasteiger charge is -2.27. The van der Waals surface area contributed by atoms with Crippen molar-refractivity contribution in [1.29, 1.82) is 0 Å². The van der Waals surface area contributed by atoms with E-state index in [1.807, 2.05) is 22.7 Å². The number of aromatic nitrogens is 1. The smallest absolute Gasteiger partial charge is 0.0554 e. The van der Waals surface area contributed by atoms with Crippen LogP contribution in [0.2, 0.25) is 0 Å². The summed E-state index contributed by atoms with van der Waals surface area (Å²) in [5.41, 5.74) is 9.46. The van der Waals surface area contributed by atoms with Gasteiger partial charge in [0, 0.05) is 68.2 Å². The highest BCUT2D eigenvalue weighted by molar-refractivity contribution is 7.26. The highest BCUT2D eigenvalue weighted by Gasteiger charge is 2.20. The summed E-state index contributed by atoms with van der Waals surface area (Å²) in [6, 6.07) is 66.7. The van der Waals surface area contributed by atoms with Crippen molar-refractivity contribution in [2.75, 3.05) is 4.90 Å². The van der Waals surface area contributed by atoms with Crippen molar-refractivity contribution >= 4 is 102 Å². The Balaban J connectivity index is 1.09. The van der Waals surface area contributed by atoms with Crippen molar-refractivity contribution in [3.8, 4) is 16.8 Å². The van der Waals surface area contributed by atoms with Gasteiger partial charge in [-0.1, -0.05) is 103 Å². The first-order valence-corrected chi connectivity index (χ1v) is 19.2. The summed E-state index contributed by atoms with van der Waals surface area (Å²) in [5, 5.41) is 7.72. The van der Waals surface area contributed by atoms with Crippen molar-refractivity contribution < 1.29 is 0 Å². The second-order valence-electron chi connectivity index (χ2n) is 13.3. The van der Waals surface area contributed by atoms with Gasteiger partial charge in [0.25, 0.3) is 0 Å². The van der Waals surface area contributed by atoms with Gasteiger partial charge in [-0.3, -0.25) is 0 Å². The van der Waals surface area contributed by atoms with Gasteiger partial charge in [-0.15, -0.1) is 22.7 Å². The summed E-state index contributed by atoms with van der Waals surface area (Å²) in [6.07, 6.45) is 0. The molecule has 0 saturated heterocycles. The standard InChI is InChI=1S/C48H30N2S2/c1-2-11-33(12-3-1)50-41-16-7-4-13-36(41)37-27-23-32(29-43(37)50)31-21-24-34(25-22-31)49(35-26-28-46-40(30-35)38-14-5-8-18-44(38)51-46)42-17-10-20-47-48(42)39-15-6-9-19-45(39)52-47/h1-30H. The molecule has 4 heteroatoms. The topological polar surface area (TPSA) is 8.17 Å². The van der Waals surface area contributed by atoms with Crippen LogP contribution in [-0.2, 0) is 0 Å². The zero-order valence-electron chi connectivity index (χ0n) is 28.0. The molecule has 0 unspecified atom stereocenters. The van der Waals surface area contributed by atoms with Crippen LogP contribution < -0.4 is 4.90 Å². The van der Waals surface area contributed by atoms with E-state index in [0.29, 0.717) is 0 Å². The number of benzene rings is 8. The molecule has 0 aliphatic rings. The molecule has 2 nitrogen and oxygen atoms in total. The average molecular weight is 699 g/mol. The number of thiophene rings is 2.